The number of carbonyl (C=O) groups is 8. The number of carboxylic acids is 1. The van der Waals surface area contributed by atoms with Gasteiger partial charge in [0.05, 0.1) is 30.6 Å². The smallest absolute Gasteiger partial charge is 0.338 e. The summed E-state index contributed by atoms with van der Waals surface area (Å²) in [7, 11) is 0. The molecule has 5 aromatic rings. The Hall–Kier alpha value is -8.55. The van der Waals surface area contributed by atoms with Gasteiger partial charge >= 0.3 is 11.9 Å². The number of aromatic amines is 2. The van der Waals surface area contributed by atoms with E-state index < -0.39 is 114 Å². The number of guanidine groups is 1. The second-order valence-electron chi connectivity index (χ2n) is 19.0. The van der Waals surface area contributed by atoms with Gasteiger partial charge in [-0.05, 0) is 74.4 Å². The molecule has 0 spiro atoms. The number of hydrogen-bond donors (Lipinski definition) is 16. The number of para-hydroxylation sites is 1. The monoisotopic (exact) mass is 1050 g/mol. The Morgan fingerprint density at radius 1 is 0.829 bits per heavy atom. The van der Waals surface area contributed by atoms with Gasteiger partial charge < -0.3 is 74.0 Å². The molecule has 25 heteroatoms. The molecule has 25 nitrogen and oxygen atoms in total. The first-order chi connectivity index (χ1) is 36.3. The van der Waals surface area contributed by atoms with E-state index in [0.717, 1.165) is 0 Å². The molecule has 8 rings (SSSR count). The molecule has 8 bridgehead atoms. The Labute approximate surface area is 435 Å². The summed E-state index contributed by atoms with van der Waals surface area (Å²) < 4.78 is 6.80. The number of primary amides is 1. The van der Waals surface area contributed by atoms with Crippen LogP contribution in [0.4, 0.5) is 0 Å². The molecule has 0 saturated heterocycles. The normalized spacial score (nSPS) is 22.3. The lowest BCUT2D eigenvalue weighted by Gasteiger charge is -2.34. The molecule has 5 heterocycles. The summed E-state index contributed by atoms with van der Waals surface area (Å²) >= 11 is 0. The molecule has 0 saturated carbocycles. The van der Waals surface area contributed by atoms with Gasteiger partial charge in [-0.3, -0.25) is 50.0 Å². The fourth-order valence-corrected chi connectivity index (χ4v) is 9.58. The van der Waals surface area contributed by atoms with Gasteiger partial charge in [0.15, 0.2) is 6.10 Å². The topological polar surface area (TPSA) is 434 Å². The van der Waals surface area contributed by atoms with Crippen molar-refractivity contribution in [2.24, 2.45) is 28.7 Å². The third-order valence-electron chi connectivity index (χ3n) is 13.5. The molecule has 0 radical (unpaired) electrons. The first-order valence-electron chi connectivity index (χ1n) is 24.8. The van der Waals surface area contributed by atoms with Crippen LogP contribution in [0.5, 0.6) is 5.75 Å². The third-order valence-corrected chi connectivity index (χ3v) is 13.5. The van der Waals surface area contributed by atoms with Crippen LogP contribution in [0.3, 0.4) is 0 Å². The number of H-pyrrole nitrogens is 2. The maximum Gasteiger partial charge on any atom is 0.338 e. The predicted octanol–water partition coefficient (Wildman–Crippen LogP) is -3.88. The maximum absolute atomic E-state index is 15.1. The summed E-state index contributed by atoms with van der Waals surface area (Å²) in [5.74, 6) is -8.88. The first kappa shape index (κ1) is 55.2. The number of nitrogens with two attached hydrogens (primary N) is 5. The molecule has 404 valence electrons. The molecule has 76 heavy (non-hydrogen) atoms. The van der Waals surface area contributed by atoms with Gasteiger partial charge in [0, 0.05) is 46.6 Å². The van der Waals surface area contributed by atoms with Gasteiger partial charge in [-0.2, -0.15) is 0 Å². The zero-order valence-corrected chi connectivity index (χ0v) is 41.6. The summed E-state index contributed by atoms with van der Waals surface area (Å²) in [6.07, 6.45) is -0.102. The van der Waals surface area contributed by atoms with Gasteiger partial charge in [-0.15, -0.1) is 0 Å². The van der Waals surface area contributed by atoms with Crippen LogP contribution >= 0.6 is 0 Å². The quantitative estimate of drug-likeness (QED) is 0.0241. The van der Waals surface area contributed by atoms with Crippen molar-refractivity contribution in [1.29, 1.82) is 0 Å². The average Bonchev–Trinajstić information content (AvgIpc) is 4.00. The van der Waals surface area contributed by atoms with Crippen LogP contribution in [0.1, 0.15) is 73.3 Å². The van der Waals surface area contributed by atoms with E-state index in [4.69, 9.17) is 33.4 Å². The Bertz CT molecular complexity index is 2990. The van der Waals surface area contributed by atoms with Crippen LogP contribution in [-0.4, -0.2) is 135 Å². The molecule has 0 fully saturated rings. The minimum Gasteiger partial charge on any atom is -0.481 e. The zero-order valence-electron chi connectivity index (χ0n) is 41.6. The van der Waals surface area contributed by atoms with Crippen LogP contribution in [0.2, 0.25) is 0 Å². The van der Waals surface area contributed by atoms with Crippen molar-refractivity contribution in [3.63, 3.8) is 0 Å². The van der Waals surface area contributed by atoms with Gasteiger partial charge in [0.1, 0.15) is 42.0 Å². The number of fused-ring (bicyclic) bond motifs is 7. The van der Waals surface area contributed by atoms with Gasteiger partial charge in [-0.1, -0.05) is 54.6 Å². The SMILES string of the molecule is C[C@@H](O)[C@@H]1NC(=O)[C@H]2NC(=O)[C@H](CC(N)=O)NC(=O)[C@@H](N)Cc3c[nH]c4c(cccc34)O[C@@H]2c2c[nH]c3cc(ccc23)[C@H](CCCN)[C@@H](C(=O)N[C@@H](CCC[NH+]=C(N)N)C(=O)N[C@@H](Cc2ccccc2)C(=O)O)NC1=O. The molecule has 0 aliphatic carbocycles. The summed E-state index contributed by atoms with van der Waals surface area (Å²) in [4.78, 5) is 121. The fourth-order valence-electron chi connectivity index (χ4n) is 9.58. The van der Waals surface area contributed by atoms with Crippen LogP contribution in [0.15, 0.2) is 79.1 Å². The number of nitrogens with one attached hydrogen (secondary N) is 9. The summed E-state index contributed by atoms with van der Waals surface area (Å²) in [5, 5.41) is 38.3. The minimum absolute atomic E-state index is 0.0111. The van der Waals surface area contributed by atoms with E-state index in [1.54, 1.807) is 79.1 Å². The van der Waals surface area contributed by atoms with E-state index in [1.807, 2.05) is 0 Å². The van der Waals surface area contributed by atoms with Crippen molar-refractivity contribution < 1.29 is 58.3 Å². The van der Waals surface area contributed by atoms with Crippen molar-refractivity contribution in [3.05, 3.63) is 101 Å². The number of ether oxygens (including phenoxy) is 1. The summed E-state index contributed by atoms with van der Waals surface area (Å²) in [6.45, 7) is 1.53. The summed E-state index contributed by atoms with van der Waals surface area (Å²) in [6, 6.07) is 7.91. The van der Waals surface area contributed by atoms with Gasteiger partial charge in [-0.25, -0.2) is 4.79 Å². The third kappa shape index (κ3) is 13.2. The average molecular weight is 1050 g/mol. The van der Waals surface area contributed by atoms with E-state index in [-0.39, 0.29) is 56.9 Å². The van der Waals surface area contributed by atoms with Crippen molar-refractivity contribution in [2.45, 2.75) is 112 Å². The van der Waals surface area contributed by atoms with Crippen LogP contribution in [0, 0.1) is 0 Å². The molecule has 0 unspecified atom stereocenters. The summed E-state index contributed by atoms with van der Waals surface area (Å²) in [5.41, 5.74) is 32.1. The molecule has 3 aliphatic heterocycles. The number of aromatic nitrogens is 2. The first-order valence-corrected chi connectivity index (χ1v) is 24.8. The van der Waals surface area contributed by atoms with E-state index in [0.29, 0.717) is 50.5 Å². The Balaban J connectivity index is 1.34. The predicted molar refractivity (Wildman–Crippen MR) is 276 cm³/mol. The largest absolute Gasteiger partial charge is 0.481 e. The standard InChI is InChI=1S/C51H64N14O11/c1-24(66)39-47(71)64-41(48(72)60-33(12-7-17-57-51(55)56)45(69)62-36(50(74)75)18-25-8-3-2-4-9-25)28(11-6-16-52)26-14-15-30-31(23-58-34(30)20-26)43-42(49(73)63-39)65-46(70)35(21-38(54)67)61-44(68)32(53)19-27-22-59-40-29(27)10-5-13-37(40)76-43/h2-5,8-10,13-15,20,22-24,28,32-33,35-36,39,41-43,58-59,66H,6-7,11-12,16-19,21,52-53H2,1H3,(H2,54,67)(H,60,72)(H,61,68)(H,62,69)(H,63,73)(H,64,71)(H,65,70)(H,74,75)(H4,55,56,57)/p+1/t24-,28+,32+,33+,35+,36+,39+,41+,42+,43-/m1/s1. The Morgan fingerprint density at radius 2 is 1.59 bits per heavy atom. The number of benzene rings is 3. The minimum atomic E-state index is -1.86. The zero-order chi connectivity index (χ0) is 54.8. The highest BCUT2D eigenvalue weighted by Crippen LogP contribution is 2.37. The highest BCUT2D eigenvalue weighted by Gasteiger charge is 2.42. The second-order valence-corrected chi connectivity index (χ2v) is 19.0. The van der Waals surface area contributed by atoms with E-state index in [2.05, 4.69) is 46.9 Å². The molecule has 2 aromatic heterocycles. The van der Waals surface area contributed by atoms with Crippen molar-refractivity contribution in [3.8, 4) is 5.75 Å². The maximum atomic E-state index is 15.1. The van der Waals surface area contributed by atoms with Crippen LogP contribution in [-0.2, 0) is 51.2 Å². The lowest BCUT2D eigenvalue weighted by atomic mass is 9.85. The van der Waals surface area contributed by atoms with Gasteiger partial charge in [0.25, 0.3) is 0 Å². The Kier molecular flexibility index (Phi) is 17.9. The number of hydrogen-bond acceptors (Lipinski definition) is 12. The lowest BCUT2D eigenvalue weighted by molar-refractivity contribution is -0.459. The molecule has 7 amide bonds. The number of amides is 7. The molecular formula is C51H65N14O11+. The molecule has 3 aromatic carbocycles. The Morgan fingerprint density at radius 3 is 2.29 bits per heavy atom. The highest BCUT2D eigenvalue weighted by molar-refractivity contribution is 6.00. The number of carboxylic acid groups (broad SMARTS) is 1. The van der Waals surface area contributed by atoms with Gasteiger partial charge in [0.2, 0.25) is 41.4 Å². The number of aliphatic carboxylic acids is 1. The molecule has 3 aliphatic rings. The molecule has 10 atom stereocenters. The number of aliphatic hydroxyl groups excluding tert-OH is 1. The number of rotatable bonds is 17. The number of carbonyl (C=O) groups excluding carboxylic acids is 7. The van der Waals surface area contributed by atoms with E-state index >= 15 is 9.59 Å². The lowest BCUT2D eigenvalue weighted by Crippen LogP contribution is -2.78. The van der Waals surface area contributed by atoms with Crippen molar-refractivity contribution in [2.75, 3.05) is 13.1 Å². The van der Waals surface area contributed by atoms with E-state index in [1.165, 1.54) is 6.92 Å². The number of aliphatic hydroxyl groups is 1. The highest BCUT2D eigenvalue weighted by atomic mass is 16.5. The van der Waals surface area contributed by atoms with Crippen LogP contribution in [0.25, 0.3) is 21.8 Å². The molecular weight excluding hydrogens is 985 g/mol. The second kappa shape index (κ2) is 24.7. The molecule has 21 N–H and O–H groups in total. The van der Waals surface area contributed by atoms with Crippen molar-refractivity contribution >= 4 is 75.1 Å². The van der Waals surface area contributed by atoms with Crippen LogP contribution < -0.4 is 70.3 Å². The van der Waals surface area contributed by atoms with E-state index in [9.17, 15) is 39.0 Å². The fraction of sp³-hybridized carbons (Fsp3) is 0.392. The van der Waals surface area contributed by atoms with Crippen molar-refractivity contribution in [1.82, 2.24) is 41.9 Å².